The average molecular weight is 245 g/mol. The van der Waals surface area contributed by atoms with Gasteiger partial charge in [-0.25, -0.2) is 0 Å². The maximum absolute atomic E-state index is 11.7. The van der Waals surface area contributed by atoms with Crippen LogP contribution in [0.4, 0.5) is 0 Å². The van der Waals surface area contributed by atoms with Gasteiger partial charge in [0, 0.05) is 6.61 Å². The average Bonchev–Trinajstić information content (AvgIpc) is 2.72. The maximum atomic E-state index is 11.7. The number of hydrogen-bond acceptors (Lipinski definition) is 3. The maximum Gasteiger partial charge on any atom is 0.204 e. The van der Waals surface area contributed by atoms with Crippen LogP contribution >= 0.6 is 15.9 Å². The van der Waals surface area contributed by atoms with Crippen LogP contribution in [0.5, 0.6) is 0 Å². The van der Waals surface area contributed by atoms with Crippen molar-refractivity contribution in [3.05, 3.63) is 22.6 Å². The molecule has 1 saturated heterocycles. The Labute approximate surface area is 84.2 Å². The van der Waals surface area contributed by atoms with Crippen LogP contribution in [0.15, 0.2) is 21.2 Å². The van der Waals surface area contributed by atoms with Crippen LogP contribution in [0.1, 0.15) is 17.0 Å². The molecule has 4 heteroatoms. The molecule has 0 radical (unpaired) electrons. The molecule has 0 aliphatic carbocycles. The molecule has 1 atom stereocenters. The van der Waals surface area contributed by atoms with E-state index >= 15 is 0 Å². The summed E-state index contributed by atoms with van der Waals surface area (Å²) < 4.78 is 11.0. The van der Waals surface area contributed by atoms with Crippen LogP contribution in [0.2, 0.25) is 0 Å². The van der Waals surface area contributed by atoms with Crippen molar-refractivity contribution in [1.29, 1.82) is 0 Å². The van der Waals surface area contributed by atoms with Crippen LogP contribution in [0.3, 0.4) is 0 Å². The van der Waals surface area contributed by atoms with E-state index in [-0.39, 0.29) is 11.7 Å². The first-order valence-corrected chi connectivity index (χ1v) is 4.93. The second-order valence-corrected chi connectivity index (χ2v) is 3.88. The predicted octanol–water partition coefficient (Wildman–Crippen LogP) is 2.26. The zero-order valence-corrected chi connectivity index (χ0v) is 8.54. The van der Waals surface area contributed by atoms with Crippen LogP contribution in [-0.2, 0) is 4.74 Å². The molecule has 70 valence electrons. The van der Waals surface area contributed by atoms with Gasteiger partial charge in [0.15, 0.2) is 5.76 Å². The Morgan fingerprint density at radius 2 is 2.46 bits per heavy atom. The molecule has 13 heavy (non-hydrogen) atoms. The molecule has 1 aromatic rings. The van der Waals surface area contributed by atoms with E-state index in [4.69, 9.17) is 9.15 Å². The van der Waals surface area contributed by atoms with Gasteiger partial charge < -0.3 is 9.15 Å². The first-order chi connectivity index (χ1) is 6.29. The van der Waals surface area contributed by atoms with E-state index in [0.29, 0.717) is 19.0 Å². The summed E-state index contributed by atoms with van der Waals surface area (Å²) in [7, 11) is 0. The molecule has 1 aromatic heterocycles. The lowest BCUT2D eigenvalue weighted by atomic mass is 10.0. The highest BCUT2D eigenvalue weighted by Gasteiger charge is 2.27. The Morgan fingerprint density at radius 3 is 3.00 bits per heavy atom. The number of carbonyl (C=O) groups excluding carboxylic acids is 1. The molecule has 0 bridgehead atoms. The molecule has 0 aromatic carbocycles. The number of hydrogen-bond donors (Lipinski definition) is 0. The van der Waals surface area contributed by atoms with Crippen molar-refractivity contribution < 1.29 is 13.9 Å². The van der Waals surface area contributed by atoms with Gasteiger partial charge in [0.1, 0.15) is 0 Å². The van der Waals surface area contributed by atoms with E-state index in [0.717, 1.165) is 10.9 Å². The summed E-state index contributed by atoms with van der Waals surface area (Å²) in [6, 6.07) is 1.73. The summed E-state index contributed by atoms with van der Waals surface area (Å²) in [5.74, 6) is 0.423. The van der Waals surface area contributed by atoms with Crippen molar-refractivity contribution in [2.45, 2.75) is 6.42 Å². The fraction of sp³-hybridized carbons (Fsp3) is 0.444. The number of ether oxygens (including phenoxy) is 1. The zero-order chi connectivity index (χ0) is 9.26. The second kappa shape index (κ2) is 3.64. The topological polar surface area (TPSA) is 39.4 Å². The Bertz CT molecular complexity index is 312. The third-order valence-electron chi connectivity index (χ3n) is 2.14. The third-order valence-corrected chi connectivity index (χ3v) is 2.77. The number of Topliss-reactive ketones (excluding diaryl/α,β-unsaturated/α-hetero) is 1. The molecule has 1 unspecified atom stereocenters. The van der Waals surface area contributed by atoms with Gasteiger partial charge in [0.25, 0.3) is 0 Å². The van der Waals surface area contributed by atoms with Crippen LogP contribution < -0.4 is 0 Å². The number of rotatable bonds is 2. The van der Waals surface area contributed by atoms with Crippen molar-refractivity contribution in [2.75, 3.05) is 13.2 Å². The van der Waals surface area contributed by atoms with Gasteiger partial charge in [0.05, 0.1) is 23.3 Å². The lowest BCUT2D eigenvalue weighted by molar-refractivity contribution is 0.0871. The smallest absolute Gasteiger partial charge is 0.204 e. The zero-order valence-electron chi connectivity index (χ0n) is 6.96. The molecule has 0 N–H and O–H groups in total. The van der Waals surface area contributed by atoms with Crippen molar-refractivity contribution >= 4 is 21.7 Å². The highest BCUT2D eigenvalue weighted by molar-refractivity contribution is 9.10. The largest absolute Gasteiger partial charge is 0.460 e. The quantitative estimate of drug-likeness (QED) is 0.750. The minimum Gasteiger partial charge on any atom is -0.460 e. The Hall–Kier alpha value is -0.610. The van der Waals surface area contributed by atoms with Gasteiger partial charge in [-0.3, -0.25) is 4.79 Å². The summed E-state index contributed by atoms with van der Waals surface area (Å²) in [5.41, 5.74) is 0. The van der Waals surface area contributed by atoms with Gasteiger partial charge in [-0.05, 0) is 28.4 Å². The fourth-order valence-corrected chi connectivity index (χ4v) is 1.79. The Morgan fingerprint density at radius 1 is 1.62 bits per heavy atom. The fourth-order valence-electron chi connectivity index (χ4n) is 1.40. The van der Waals surface area contributed by atoms with Crippen molar-refractivity contribution in [3.8, 4) is 0 Å². The third kappa shape index (κ3) is 1.69. The number of carbonyl (C=O) groups is 1. The van der Waals surface area contributed by atoms with Gasteiger partial charge in [-0.2, -0.15) is 0 Å². The van der Waals surface area contributed by atoms with Gasteiger partial charge in [0.2, 0.25) is 5.78 Å². The number of furan rings is 1. The first-order valence-electron chi connectivity index (χ1n) is 4.14. The predicted molar refractivity (Wildman–Crippen MR) is 49.7 cm³/mol. The Balaban J connectivity index is 2.17. The minimum absolute atomic E-state index is 0.0255. The van der Waals surface area contributed by atoms with E-state index in [1.54, 1.807) is 6.07 Å². The Kier molecular flexibility index (Phi) is 2.51. The monoisotopic (exact) mass is 244 g/mol. The molecule has 1 aliphatic heterocycles. The SMILES string of the molecule is O=C(c1occc1Br)C1CCOC1. The molecule has 1 aliphatic rings. The molecule has 0 spiro atoms. The minimum atomic E-state index is -0.0255. The molecule has 2 heterocycles. The van der Waals surface area contributed by atoms with Crippen LogP contribution in [0.25, 0.3) is 0 Å². The van der Waals surface area contributed by atoms with Crippen molar-refractivity contribution in [1.82, 2.24) is 0 Å². The van der Waals surface area contributed by atoms with Crippen LogP contribution in [-0.4, -0.2) is 19.0 Å². The van der Waals surface area contributed by atoms with Crippen molar-refractivity contribution in [3.63, 3.8) is 0 Å². The molecular weight excluding hydrogens is 236 g/mol. The lowest BCUT2D eigenvalue weighted by Gasteiger charge is -2.02. The molecule has 0 saturated carbocycles. The molecule has 2 rings (SSSR count). The van der Waals surface area contributed by atoms with E-state index in [1.165, 1.54) is 6.26 Å². The standard InChI is InChI=1S/C9H9BrO3/c10-7-2-4-13-9(7)8(11)6-1-3-12-5-6/h2,4,6H,1,3,5H2. The van der Waals surface area contributed by atoms with E-state index in [1.807, 2.05) is 0 Å². The normalized spacial score (nSPS) is 22.1. The van der Waals surface area contributed by atoms with E-state index in [2.05, 4.69) is 15.9 Å². The summed E-state index contributed by atoms with van der Waals surface area (Å²) in [6.45, 7) is 1.20. The highest BCUT2D eigenvalue weighted by atomic mass is 79.9. The van der Waals surface area contributed by atoms with Gasteiger partial charge >= 0.3 is 0 Å². The first kappa shape index (κ1) is 8.97. The van der Waals surface area contributed by atoms with E-state index in [9.17, 15) is 4.79 Å². The van der Waals surface area contributed by atoms with Gasteiger partial charge in [-0.15, -0.1) is 0 Å². The molecular formula is C9H9BrO3. The van der Waals surface area contributed by atoms with Crippen molar-refractivity contribution in [2.24, 2.45) is 5.92 Å². The number of halogens is 1. The summed E-state index contributed by atoms with van der Waals surface area (Å²) in [6.07, 6.45) is 2.30. The summed E-state index contributed by atoms with van der Waals surface area (Å²) >= 11 is 3.26. The molecule has 3 nitrogen and oxygen atoms in total. The molecule has 0 amide bonds. The summed E-state index contributed by atoms with van der Waals surface area (Å²) in [5, 5.41) is 0. The van der Waals surface area contributed by atoms with E-state index < -0.39 is 0 Å². The van der Waals surface area contributed by atoms with Gasteiger partial charge in [-0.1, -0.05) is 0 Å². The highest BCUT2D eigenvalue weighted by Crippen LogP contribution is 2.24. The summed E-state index contributed by atoms with van der Waals surface area (Å²) in [4.78, 5) is 11.7. The lowest BCUT2D eigenvalue weighted by Crippen LogP contribution is -2.14. The second-order valence-electron chi connectivity index (χ2n) is 3.02. The molecule has 1 fully saturated rings. The number of ketones is 1. The van der Waals surface area contributed by atoms with Crippen LogP contribution in [0, 0.1) is 5.92 Å².